The van der Waals surface area contributed by atoms with Gasteiger partial charge in [-0.1, -0.05) is 29.3 Å². The molecule has 5 nitrogen and oxygen atoms in total. The highest BCUT2D eigenvalue weighted by Crippen LogP contribution is 2.36. The first kappa shape index (κ1) is 23.3. The van der Waals surface area contributed by atoms with Crippen molar-refractivity contribution in [3.63, 3.8) is 0 Å². The molecule has 0 N–H and O–H groups in total. The molecular weight excluding hydrogens is 401 g/mol. The minimum atomic E-state index is -0.480. The van der Waals surface area contributed by atoms with Crippen LogP contribution in [0.4, 0.5) is 4.79 Å². The zero-order valence-corrected chi connectivity index (χ0v) is 18.7. The highest BCUT2D eigenvalue weighted by atomic mass is 35.5. The molecule has 1 atom stereocenters. The second-order valence-electron chi connectivity index (χ2n) is 8.15. The molecule has 1 aliphatic rings. The van der Waals surface area contributed by atoms with Gasteiger partial charge in [-0.05, 0) is 57.2 Å². The van der Waals surface area contributed by atoms with E-state index in [4.69, 9.17) is 37.4 Å². The van der Waals surface area contributed by atoms with Crippen molar-refractivity contribution in [1.82, 2.24) is 4.90 Å². The van der Waals surface area contributed by atoms with Crippen molar-refractivity contribution >= 4 is 29.3 Å². The summed E-state index contributed by atoms with van der Waals surface area (Å²) in [5, 5.41) is 1.09. The summed E-state index contributed by atoms with van der Waals surface area (Å²) >= 11 is 12.3. The first-order valence-corrected chi connectivity index (χ1v) is 10.5. The van der Waals surface area contributed by atoms with Gasteiger partial charge in [0.1, 0.15) is 5.60 Å². The molecule has 1 aromatic carbocycles. The number of methoxy groups -OCH3 is 1. The van der Waals surface area contributed by atoms with Gasteiger partial charge in [-0.25, -0.2) is 4.79 Å². The molecular formula is C21H31Cl2NO4. The summed E-state index contributed by atoms with van der Waals surface area (Å²) in [7, 11) is 1.66. The molecule has 0 radical (unpaired) electrons. The summed E-state index contributed by atoms with van der Waals surface area (Å²) in [4.78, 5) is 14.1. The molecule has 1 heterocycles. The van der Waals surface area contributed by atoms with Crippen LogP contribution >= 0.6 is 23.2 Å². The number of carbonyl (C=O) groups excluding carboxylic acids is 1. The van der Waals surface area contributed by atoms with Crippen LogP contribution in [0.15, 0.2) is 18.2 Å². The van der Waals surface area contributed by atoms with Gasteiger partial charge in [0.05, 0.1) is 29.9 Å². The number of amides is 1. The third kappa shape index (κ3) is 7.11. The Hall–Kier alpha value is -1.01. The third-order valence-electron chi connectivity index (χ3n) is 4.86. The van der Waals surface area contributed by atoms with Gasteiger partial charge in [0.2, 0.25) is 0 Å². The number of carbonyl (C=O) groups is 1. The largest absolute Gasteiger partial charge is 0.444 e. The number of halogens is 2. The molecule has 7 heteroatoms. The molecule has 158 valence electrons. The normalized spacial score (nSPS) is 16.9. The fraction of sp³-hybridized carbons (Fsp3) is 0.667. The smallest absolute Gasteiger partial charge is 0.410 e. The number of likely N-dealkylation sites (tertiary alicyclic amines) is 1. The molecule has 1 amide bonds. The first-order valence-electron chi connectivity index (χ1n) is 9.71. The lowest BCUT2D eigenvalue weighted by Gasteiger charge is -2.37. The van der Waals surface area contributed by atoms with E-state index in [-0.39, 0.29) is 12.0 Å². The van der Waals surface area contributed by atoms with Crippen molar-refractivity contribution < 1.29 is 19.0 Å². The highest BCUT2D eigenvalue weighted by molar-refractivity contribution is 6.42. The van der Waals surface area contributed by atoms with Crippen LogP contribution in [0.5, 0.6) is 0 Å². The Balaban J connectivity index is 2.03. The van der Waals surface area contributed by atoms with Crippen LogP contribution < -0.4 is 0 Å². The van der Waals surface area contributed by atoms with Crippen LogP contribution in [0.25, 0.3) is 0 Å². The lowest BCUT2D eigenvalue weighted by Crippen LogP contribution is -2.43. The summed E-state index contributed by atoms with van der Waals surface area (Å²) in [6, 6.07) is 5.77. The number of ether oxygens (including phenoxy) is 3. The average Bonchev–Trinajstić information content (AvgIpc) is 2.63. The number of hydrogen-bond donors (Lipinski definition) is 0. The third-order valence-corrected chi connectivity index (χ3v) is 5.60. The van der Waals surface area contributed by atoms with Gasteiger partial charge in [0, 0.05) is 26.1 Å². The molecule has 0 aliphatic carbocycles. The number of nitrogens with zero attached hydrogens (tertiary/aromatic N) is 1. The second kappa shape index (κ2) is 10.7. The van der Waals surface area contributed by atoms with Crippen molar-refractivity contribution in [2.45, 2.75) is 45.1 Å². The van der Waals surface area contributed by atoms with E-state index in [1.807, 2.05) is 39.0 Å². The van der Waals surface area contributed by atoms with Crippen molar-refractivity contribution in [3.05, 3.63) is 33.8 Å². The van der Waals surface area contributed by atoms with E-state index >= 15 is 0 Å². The topological polar surface area (TPSA) is 48.0 Å². The summed E-state index contributed by atoms with van der Waals surface area (Å²) in [6.45, 7) is 8.69. The van der Waals surface area contributed by atoms with E-state index in [0.29, 0.717) is 48.9 Å². The molecule has 0 bridgehead atoms. The molecule has 1 unspecified atom stereocenters. The maximum atomic E-state index is 12.3. The molecule has 2 rings (SSSR count). The van der Waals surface area contributed by atoms with Crippen LogP contribution in [-0.4, -0.2) is 56.6 Å². The Labute approximate surface area is 178 Å². The van der Waals surface area contributed by atoms with Crippen LogP contribution in [-0.2, 0) is 14.2 Å². The maximum absolute atomic E-state index is 12.3. The Morgan fingerprint density at radius 2 is 1.86 bits per heavy atom. The average molecular weight is 432 g/mol. The quantitative estimate of drug-likeness (QED) is 0.543. The van der Waals surface area contributed by atoms with Crippen LogP contribution in [0, 0.1) is 5.92 Å². The fourth-order valence-corrected chi connectivity index (χ4v) is 3.72. The summed E-state index contributed by atoms with van der Waals surface area (Å²) in [5.74, 6) is 0.575. The monoisotopic (exact) mass is 431 g/mol. The highest BCUT2D eigenvalue weighted by Gasteiger charge is 2.31. The van der Waals surface area contributed by atoms with Gasteiger partial charge in [-0.2, -0.15) is 0 Å². The SMILES string of the molecule is COCCOCC(c1ccc(Cl)c(Cl)c1)C1CCN(C(=O)OC(C)(C)C)CC1. The van der Waals surface area contributed by atoms with Gasteiger partial charge in [0.15, 0.2) is 0 Å². The van der Waals surface area contributed by atoms with E-state index in [1.165, 1.54) is 0 Å². The Bertz CT molecular complexity index is 640. The zero-order chi connectivity index (χ0) is 20.7. The molecule has 0 spiro atoms. The number of benzene rings is 1. The predicted molar refractivity (Wildman–Crippen MR) is 112 cm³/mol. The molecule has 0 saturated carbocycles. The molecule has 0 aromatic heterocycles. The lowest BCUT2D eigenvalue weighted by atomic mass is 9.80. The summed E-state index contributed by atoms with van der Waals surface area (Å²) < 4.78 is 16.4. The van der Waals surface area contributed by atoms with Crippen LogP contribution in [0.3, 0.4) is 0 Å². The van der Waals surface area contributed by atoms with E-state index in [2.05, 4.69) is 0 Å². The molecule has 28 heavy (non-hydrogen) atoms. The van der Waals surface area contributed by atoms with Crippen LogP contribution in [0.2, 0.25) is 10.0 Å². The second-order valence-corrected chi connectivity index (χ2v) is 8.97. The molecule has 1 saturated heterocycles. The Kier molecular flexibility index (Phi) is 8.87. The zero-order valence-electron chi connectivity index (χ0n) is 17.2. The minimum Gasteiger partial charge on any atom is -0.444 e. The van der Waals surface area contributed by atoms with E-state index in [0.717, 1.165) is 18.4 Å². The predicted octanol–water partition coefficient (Wildman–Crippen LogP) is 5.39. The Morgan fingerprint density at radius 1 is 1.18 bits per heavy atom. The summed E-state index contributed by atoms with van der Waals surface area (Å²) in [5.41, 5.74) is 0.633. The molecule has 1 aliphatic heterocycles. The van der Waals surface area contributed by atoms with Crippen molar-refractivity contribution in [2.75, 3.05) is 40.0 Å². The molecule has 1 fully saturated rings. The summed E-state index contributed by atoms with van der Waals surface area (Å²) in [6.07, 6.45) is 1.53. The van der Waals surface area contributed by atoms with Gasteiger partial charge in [-0.3, -0.25) is 0 Å². The van der Waals surface area contributed by atoms with E-state index in [1.54, 1.807) is 12.0 Å². The number of piperidine rings is 1. The van der Waals surface area contributed by atoms with Crippen molar-refractivity contribution in [2.24, 2.45) is 5.92 Å². The van der Waals surface area contributed by atoms with Gasteiger partial charge < -0.3 is 19.1 Å². The van der Waals surface area contributed by atoms with Gasteiger partial charge >= 0.3 is 6.09 Å². The van der Waals surface area contributed by atoms with Crippen molar-refractivity contribution in [1.29, 1.82) is 0 Å². The minimum absolute atomic E-state index is 0.187. The first-order chi connectivity index (χ1) is 13.2. The molecule has 1 aromatic rings. The number of hydrogen-bond acceptors (Lipinski definition) is 4. The lowest BCUT2D eigenvalue weighted by molar-refractivity contribution is 0.0132. The van der Waals surface area contributed by atoms with Gasteiger partial charge in [-0.15, -0.1) is 0 Å². The standard InChI is InChI=1S/C21H31Cl2NO4/c1-21(2,3)28-20(25)24-9-7-15(8-10-24)17(14-27-12-11-26-4)16-5-6-18(22)19(23)13-16/h5-6,13,15,17H,7-12,14H2,1-4H3. The van der Waals surface area contributed by atoms with E-state index in [9.17, 15) is 4.79 Å². The van der Waals surface area contributed by atoms with Crippen LogP contribution in [0.1, 0.15) is 45.1 Å². The van der Waals surface area contributed by atoms with Crippen molar-refractivity contribution in [3.8, 4) is 0 Å². The number of rotatable bonds is 7. The van der Waals surface area contributed by atoms with E-state index < -0.39 is 5.60 Å². The maximum Gasteiger partial charge on any atom is 0.410 e. The Morgan fingerprint density at radius 3 is 2.43 bits per heavy atom. The fourth-order valence-electron chi connectivity index (χ4n) is 3.41. The van der Waals surface area contributed by atoms with Gasteiger partial charge in [0.25, 0.3) is 0 Å².